The Morgan fingerprint density at radius 2 is 2.29 bits per heavy atom. The van der Waals surface area contributed by atoms with Gasteiger partial charge in [-0.25, -0.2) is 4.98 Å². The highest BCUT2D eigenvalue weighted by Gasteiger charge is 2.44. The molecular weight excluding hydrogens is 200 g/mol. The predicted molar refractivity (Wildman–Crippen MR) is 55.2 cm³/mol. The molecule has 0 bridgehead atoms. The van der Waals surface area contributed by atoms with Crippen LogP contribution in [0.1, 0.15) is 18.5 Å². The lowest BCUT2D eigenvalue weighted by atomic mass is 9.64. The number of nitrogens with zero attached hydrogens (tertiary/aromatic N) is 1. The Balaban J connectivity index is 2.29. The molecule has 76 valence electrons. The summed E-state index contributed by atoms with van der Waals surface area (Å²) in [5.74, 6) is 0. The van der Waals surface area contributed by atoms with Crippen molar-refractivity contribution in [2.75, 3.05) is 6.54 Å². The summed E-state index contributed by atoms with van der Waals surface area (Å²) < 4.78 is 0. The Morgan fingerprint density at radius 1 is 1.57 bits per heavy atom. The Bertz CT molecular complexity index is 337. The van der Waals surface area contributed by atoms with Gasteiger partial charge in [-0.15, -0.1) is 0 Å². The third-order valence-corrected chi connectivity index (χ3v) is 3.11. The first kappa shape index (κ1) is 9.90. The molecule has 0 amide bonds. The van der Waals surface area contributed by atoms with Gasteiger partial charge >= 0.3 is 0 Å². The number of aliphatic hydroxyl groups is 1. The lowest BCUT2D eigenvalue weighted by molar-refractivity contribution is 0.0201. The van der Waals surface area contributed by atoms with Gasteiger partial charge in [-0.3, -0.25) is 0 Å². The van der Waals surface area contributed by atoms with Gasteiger partial charge in [0.1, 0.15) is 5.15 Å². The maximum atomic E-state index is 9.33. The van der Waals surface area contributed by atoms with Crippen LogP contribution in [0.15, 0.2) is 18.2 Å². The minimum atomic E-state index is -0.237. The average Bonchev–Trinajstić information content (AvgIpc) is 2.12. The maximum Gasteiger partial charge on any atom is 0.129 e. The second-order valence-corrected chi connectivity index (χ2v) is 4.28. The van der Waals surface area contributed by atoms with E-state index in [0.29, 0.717) is 24.5 Å². The first-order chi connectivity index (χ1) is 6.66. The molecule has 0 atom stereocenters. The fourth-order valence-corrected chi connectivity index (χ4v) is 2.19. The first-order valence-electron chi connectivity index (χ1n) is 4.67. The lowest BCUT2D eigenvalue weighted by Crippen LogP contribution is -2.50. The molecule has 0 radical (unpaired) electrons. The molecule has 2 rings (SSSR count). The van der Waals surface area contributed by atoms with Crippen LogP contribution < -0.4 is 5.73 Å². The topological polar surface area (TPSA) is 59.1 Å². The van der Waals surface area contributed by atoms with E-state index in [2.05, 4.69) is 4.98 Å². The van der Waals surface area contributed by atoms with Crippen LogP contribution in [0, 0.1) is 0 Å². The SMILES string of the molecule is NCC1(c2cccc(Cl)n2)CC(O)C1. The second-order valence-electron chi connectivity index (χ2n) is 3.89. The van der Waals surface area contributed by atoms with Gasteiger partial charge in [0.2, 0.25) is 0 Å². The van der Waals surface area contributed by atoms with Gasteiger partial charge in [0.25, 0.3) is 0 Å². The van der Waals surface area contributed by atoms with Crippen LogP contribution in [0.5, 0.6) is 0 Å². The number of nitrogens with two attached hydrogens (primary N) is 1. The van der Waals surface area contributed by atoms with E-state index >= 15 is 0 Å². The molecule has 1 aliphatic carbocycles. The fraction of sp³-hybridized carbons (Fsp3) is 0.500. The molecule has 0 spiro atoms. The van der Waals surface area contributed by atoms with Crippen LogP contribution in [0.3, 0.4) is 0 Å². The first-order valence-corrected chi connectivity index (χ1v) is 5.05. The van der Waals surface area contributed by atoms with E-state index in [-0.39, 0.29) is 11.5 Å². The molecule has 1 aromatic rings. The second kappa shape index (κ2) is 3.50. The largest absolute Gasteiger partial charge is 0.393 e. The number of hydrogen-bond donors (Lipinski definition) is 2. The number of aromatic nitrogens is 1. The fourth-order valence-electron chi connectivity index (χ4n) is 2.03. The van der Waals surface area contributed by atoms with Gasteiger partial charge < -0.3 is 10.8 Å². The van der Waals surface area contributed by atoms with Gasteiger partial charge in [-0.2, -0.15) is 0 Å². The van der Waals surface area contributed by atoms with Gasteiger partial charge in [-0.1, -0.05) is 17.7 Å². The molecular formula is C10H13ClN2O. The standard InChI is InChI=1S/C10H13ClN2O/c11-9-3-1-2-8(13-9)10(6-12)4-7(14)5-10/h1-3,7,14H,4-6,12H2. The van der Waals surface area contributed by atoms with Crippen molar-refractivity contribution in [2.24, 2.45) is 5.73 Å². The molecule has 0 aromatic carbocycles. The molecule has 0 unspecified atom stereocenters. The van der Waals surface area contributed by atoms with Gasteiger partial charge in [0, 0.05) is 17.7 Å². The van der Waals surface area contributed by atoms with E-state index in [0.717, 1.165) is 5.69 Å². The van der Waals surface area contributed by atoms with Crippen LogP contribution in [0.4, 0.5) is 0 Å². The molecule has 4 heteroatoms. The maximum absolute atomic E-state index is 9.33. The van der Waals surface area contributed by atoms with Crippen molar-refractivity contribution in [3.05, 3.63) is 29.0 Å². The monoisotopic (exact) mass is 212 g/mol. The summed E-state index contributed by atoms with van der Waals surface area (Å²) in [5.41, 5.74) is 6.47. The zero-order valence-corrected chi connectivity index (χ0v) is 8.54. The predicted octanol–water partition coefficient (Wildman–Crippen LogP) is 1.09. The van der Waals surface area contributed by atoms with E-state index in [1.165, 1.54) is 0 Å². The van der Waals surface area contributed by atoms with Crippen LogP contribution in [0.2, 0.25) is 5.15 Å². The Morgan fingerprint density at radius 3 is 2.79 bits per heavy atom. The Kier molecular flexibility index (Phi) is 2.47. The van der Waals surface area contributed by atoms with E-state index in [4.69, 9.17) is 17.3 Å². The van der Waals surface area contributed by atoms with Crippen LogP contribution in [0.25, 0.3) is 0 Å². The molecule has 3 nitrogen and oxygen atoms in total. The average molecular weight is 213 g/mol. The van der Waals surface area contributed by atoms with Crippen molar-refractivity contribution in [1.29, 1.82) is 0 Å². The molecule has 1 aromatic heterocycles. The summed E-state index contributed by atoms with van der Waals surface area (Å²) in [4.78, 5) is 4.25. The van der Waals surface area contributed by atoms with Crippen molar-refractivity contribution < 1.29 is 5.11 Å². The zero-order chi connectivity index (χ0) is 10.2. The number of pyridine rings is 1. The molecule has 0 aliphatic heterocycles. The van der Waals surface area contributed by atoms with E-state index in [1.54, 1.807) is 6.07 Å². The third-order valence-electron chi connectivity index (χ3n) is 2.90. The molecule has 1 heterocycles. The van der Waals surface area contributed by atoms with Crippen LogP contribution in [-0.4, -0.2) is 22.7 Å². The summed E-state index contributed by atoms with van der Waals surface area (Å²) >= 11 is 5.81. The van der Waals surface area contributed by atoms with Crippen molar-refractivity contribution >= 4 is 11.6 Å². The summed E-state index contributed by atoms with van der Waals surface area (Å²) in [6.07, 6.45) is 1.15. The highest BCUT2D eigenvalue weighted by Crippen LogP contribution is 2.42. The lowest BCUT2D eigenvalue weighted by Gasteiger charge is -2.44. The molecule has 14 heavy (non-hydrogen) atoms. The van der Waals surface area contributed by atoms with Crippen LogP contribution in [-0.2, 0) is 5.41 Å². The van der Waals surface area contributed by atoms with Gasteiger partial charge in [0.05, 0.1) is 6.10 Å². The summed E-state index contributed by atoms with van der Waals surface area (Å²) in [6, 6.07) is 5.53. The molecule has 1 saturated carbocycles. The number of aliphatic hydroxyl groups excluding tert-OH is 1. The highest BCUT2D eigenvalue weighted by atomic mass is 35.5. The summed E-state index contributed by atoms with van der Waals surface area (Å²) in [5, 5.41) is 9.81. The quantitative estimate of drug-likeness (QED) is 0.722. The normalized spacial score (nSPS) is 31.2. The smallest absolute Gasteiger partial charge is 0.129 e. The summed E-state index contributed by atoms with van der Waals surface area (Å²) in [6.45, 7) is 0.511. The molecule has 1 aliphatic rings. The van der Waals surface area contributed by atoms with Crippen molar-refractivity contribution in [3.8, 4) is 0 Å². The minimum absolute atomic E-state index is 0.148. The molecule has 1 fully saturated rings. The zero-order valence-electron chi connectivity index (χ0n) is 7.78. The van der Waals surface area contributed by atoms with Crippen molar-refractivity contribution in [3.63, 3.8) is 0 Å². The van der Waals surface area contributed by atoms with Crippen molar-refractivity contribution in [2.45, 2.75) is 24.4 Å². The third kappa shape index (κ3) is 1.52. The summed E-state index contributed by atoms with van der Waals surface area (Å²) in [7, 11) is 0. The molecule has 3 N–H and O–H groups in total. The Hall–Kier alpha value is -0.640. The minimum Gasteiger partial charge on any atom is -0.393 e. The number of hydrogen-bond acceptors (Lipinski definition) is 3. The van der Waals surface area contributed by atoms with Gasteiger partial charge in [0.15, 0.2) is 0 Å². The van der Waals surface area contributed by atoms with Crippen LogP contribution >= 0.6 is 11.6 Å². The van der Waals surface area contributed by atoms with E-state index in [9.17, 15) is 5.11 Å². The van der Waals surface area contributed by atoms with E-state index in [1.807, 2.05) is 12.1 Å². The molecule has 0 saturated heterocycles. The number of rotatable bonds is 2. The van der Waals surface area contributed by atoms with Crippen molar-refractivity contribution in [1.82, 2.24) is 4.98 Å². The van der Waals surface area contributed by atoms with Gasteiger partial charge in [-0.05, 0) is 25.0 Å². The Labute approximate surface area is 87.9 Å². The highest BCUT2D eigenvalue weighted by molar-refractivity contribution is 6.29. The van der Waals surface area contributed by atoms with E-state index < -0.39 is 0 Å². The number of halogens is 1.